The van der Waals surface area contributed by atoms with Crippen LogP contribution in [-0.4, -0.2) is 21.3 Å². The number of fused-ring (bicyclic) bond motifs is 1. The number of methoxy groups -OCH3 is 3. The highest BCUT2D eigenvalue weighted by Crippen LogP contribution is 2.61. The van der Waals surface area contributed by atoms with Gasteiger partial charge in [-0.05, 0) is 17.2 Å². The van der Waals surface area contributed by atoms with Crippen LogP contribution >= 0.6 is 0 Å². The van der Waals surface area contributed by atoms with E-state index in [2.05, 4.69) is 6.58 Å². The average molecular weight is 296 g/mol. The van der Waals surface area contributed by atoms with Crippen LogP contribution in [0.15, 0.2) is 55.1 Å². The van der Waals surface area contributed by atoms with Crippen molar-refractivity contribution >= 4 is 5.57 Å². The third-order valence-corrected chi connectivity index (χ3v) is 4.45. The van der Waals surface area contributed by atoms with Gasteiger partial charge in [0.1, 0.15) is 17.5 Å². The normalized spacial score (nSPS) is 22.6. The standard InChI is InChI=1S/C19H20O3/c1-13(14-9-6-5-7-10-14)19(22-4)15-11-8-12-16(20-2)17(15)18(19)21-3/h5-12,18H,1H2,2-4H3/t18-,19+/m0/s1. The molecule has 0 spiro atoms. The maximum absolute atomic E-state index is 5.94. The van der Waals surface area contributed by atoms with Crippen LogP contribution in [0.5, 0.6) is 5.75 Å². The van der Waals surface area contributed by atoms with Gasteiger partial charge in [0.25, 0.3) is 0 Å². The minimum absolute atomic E-state index is 0.239. The second-order valence-electron chi connectivity index (χ2n) is 5.32. The third kappa shape index (κ3) is 1.83. The van der Waals surface area contributed by atoms with Gasteiger partial charge in [-0.1, -0.05) is 49.0 Å². The van der Waals surface area contributed by atoms with Crippen molar-refractivity contribution in [2.45, 2.75) is 11.7 Å². The second kappa shape index (κ2) is 5.59. The van der Waals surface area contributed by atoms with E-state index in [9.17, 15) is 0 Å². The Morgan fingerprint density at radius 3 is 2.32 bits per heavy atom. The molecule has 0 bridgehead atoms. The molecule has 22 heavy (non-hydrogen) atoms. The molecule has 0 fully saturated rings. The first-order chi connectivity index (χ1) is 10.7. The molecule has 3 rings (SSSR count). The number of hydrogen-bond acceptors (Lipinski definition) is 3. The summed E-state index contributed by atoms with van der Waals surface area (Å²) in [7, 11) is 5.05. The lowest BCUT2D eigenvalue weighted by atomic mass is 9.65. The molecule has 3 heteroatoms. The van der Waals surface area contributed by atoms with E-state index in [1.807, 2.05) is 48.5 Å². The summed E-state index contributed by atoms with van der Waals surface area (Å²) in [5.74, 6) is 0.817. The third-order valence-electron chi connectivity index (χ3n) is 4.45. The van der Waals surface area contributed by atoms with Crippen LogP contribution < -0.4 is 4.74 Å². The number of hydrogen-bond donors (Lipinski definition) is 0. The summed E-state index contributed by atoms with van der Waals surface area (Å²) in [5, 5.41) is 0. The van der Waals surface area contributed by atoms with E-state index in [0.29, 0.717) is 0 Å². The van der Waals surface area contributed by atoms with E-state index in [1.165, 1.54) is 0 Å². The van der Waals surface area contributed by atoms with Crippen LogP contribution in [0.4, 0.5) is 0 Å². The lowest BCUT2D eigenvalue weighted by molar-refractivity contribution is -0.115. The quantitative estimate of drug-likeness (QED) is 0.836. The fraction of sp³-hybridized carbons (Fsp3) is 0.263. The number of rotatable bonds is 5. The molecule has 0 radical (unpaired) electrons. The highest BCUT2D eigenvalue weighted by molar-refractivity contribution is 5.78. The van der Waals surface area contributed by atoms with Gasteiger partial charge in [-0.15, -0.1) is 0 Å². The predicted octanol–water partition coefficient (Wildman–Crippen LogP) is 3.95. The van der Waals surface area contributed by atoms with Gasteiger partial charge in [-0.3, -0.25) is 0 Å². The summed E-state index contributed by atoms with van der Waals surface area (Å²) in [6, 6.07) is 16.0. The Labute approximate surface area is 131 Å². The first-order valence-corrected chi connectivity index (χ1v) is 7.20. The molecule has 2 atom stereocenters. The van der Waals surface area contributed by atoms with Crippen molar-refractivity contribution in [3.63, 3.8) is 0 Å². The van der Waals surface area contributed by atoms with E-state index >= 15 is 0 Å². The summed E-state index contributed by atoms with van der Waals surface area (Å²) in [4.78, 5) is 0. The maximum atomic E-state index is 5.94. The van der Waals surface area contributed by atoms with Gasteiger partial charge < -0.3 is 14.2 Å². The van der Waals surface area contributed by atoms with Crippen molar-refractivity contribution in [3.05, 3.63) is 71.8 Å². The summed E-state index contributed by atoms with van der Waals surface area (Å²) in [6.45, 7) is 4.30. The second-order valence-corrected chi connectivity index (χ2v) is 5.32. The summed E-state index contributed by atoms with van der Waals surface area (Å²) in [6.07, 6.45) is -0.239. The van der Waals surface area contributed by atoms with E-state index in [1.54, 1.807) is 21.3 Å². The molecule has 0 saturated carbocycles. The van der Waals surface area contributed by atoms with Gasteiger partial charge in [-0.2, -0.15) is 0 Å². The van der Waals surface area contributed by atoms with Crippen LogP contribution in [0.1, 0.15) is 22.8 Å². The number of ether oxygens (including phenoxy) is 3. The van der Waals surface area contributed by atoms with Gasteiger partial charge >= 0.3 is 0 Å². The lowest BCUT2D eigenvalue weighted by Gasteiger charge is -2.50. The Morgan fingerprint density at radius 2 is 1.73 bits per heavy atom. The van der Waals surface area contributed by atoms with Crippen LogP contribution in [0.3, 0.4) is 0 Å². The van der Waals surface area contributed by atoms with Gasteiger partial charge in [0.05, 0.1) is 7.11 Å². The predicted molar refractivity (Wildman–Crippen MR) is 86.9 cm³/mol. The van der Waals surface area contributed by atoms with Crippen molar-refractivity contribution in [1.29, 1.82) is 0 Å². The smallest absolute Gasteiger partial charge is 0.149 e. The largest absolute Gasteiger partial charge is 0.496 e. The van der Waals surface area contributed by atoms with Crippen LogP contribution in [0.25, 0.3) is 5.57 Å². The minimum atomic E-state index is -0.681. The minimum Gasteiger partial charge on any atom is -0.496 e. The SMILES string of the molecule is C=C(c1ccccc1)[C@@]1(OC)c2cccc(OC)c2[C@@H]1OC. The van der Waals surface area contributed by atoms with Crippen molar-refractivity contribution < 1.29 is 14.2 Å². The zero-order valence-electron chi connectivity index (χ0n) is 13.1. The van der Waals surface area contributed by atoms with Crippen molar-refractivity contribution in [1.82, 2.24) is 0 Å². The molecule has 1 aliphatic rings. The van der Waals surface area contributed by atoms with E-state index in [-0.39, 0.29) is 6.10 Å². The Balaban J connectivity index is 2.15. The van der Waals surface area contributed by atoms with Gasteiger partial charge in [0.2, 0.25) is 0 Å². The molecule has 114 valence electrons. The molecule has 0 heterocycles. The highest BCUT2D eigenvalue weighted by atomic mass is 16.5. The molecule has 2 aromatic carbocycles. The lowest BCUT2D eigenvalue weighted by Crippen LogP contribution is -2.47. The maximum Gasteiger partial charge on any atom is 0.149 e. The van der Waals surface area contributed by atoms with Crippen LogP contribution in [0.2, 0.25) is 0 Å². The molecule has 0 N–H and O–H groups in total. The van der Waals surface area contributed by atoms with Crippen molar-refractivity contribution in [2.75, 3.05) is 21.3 Å². The molecular formula is C19H20O3. The molecule has 0 saturated heterocycles. The van der Waals surface area contributed by atoms with Crippen LogP contribution in [0, 0.1) is 0 Å². The van der Waals surface area contributed by atoms with Crippen LogP contribution in [-0.2, 0) is 15.1 Å². The molecule has 1 aliphatic carbocycles. The Hall–Kier alpha value is -2.10. The molecule has 0 amide bonds. The fourth-order valence-electron chi connectivity index (χ4n) is 3.38. The van der Waals surface area contributed by atoms with E-state index in [4.69, 9.17) is 14.2 Å². The summed E-state index contributed by atoms with van der Waals surface area (Å²) < 4.78 is 17.1. The Bertz CT molecular complexity index is 693. The number of benzene rings is 2. The van der Waals surface area contributed by atoms with E-state index < -0.39 is 5.60 Å². The highest BCUT2D eigenvalue weighted by Gasteiger charge is 2.56. The Kier molecular flexibility index (Phi) is 3.77. The van der Waals surface area contributed by atoms with Crippen molar-refractivity contribution in [2.24, 2.45) is 0 Å². The average Bonchev–Trinajstić information content (AvgIpc) is 2.57. The molecule has 0 unspecified atom stereocenters. The van der Waals surface area contributed by atoms with Gasteiger partial charge in [-0.25, -0.2) is 0 Å². The van der Waals surface area contributed by atoms with Crippen molar-refractivity contribution in [3.8, 4) is 5.75 Å². The summed E-state index contributed by atoms with van der Waals surface area (Å²) >= 11 is 0. The van der Waals surface area contributed by atoms with E-state index in [0.717, 1.165) is 28.0 Å². The van der Waals surface area contributed by atoms with Gasteiger partial charge in [0.15, 0.2) is 0 Å². The fourth-order valence-corrected chi connectivity index (χ4v) is 3.38. The molecule has 3 nitrogen and oxygen atoms in total. The van der Waals surface area contributed by atoms with Gasteiger partial charge in [0, 0.05) is 25.3 Å². The topological polar surface area (TPSA) is 27.7 Å². The molecular weight excluding hydrogens is 276 g/mol. The monoisotopic (exact) mass is 296 g/mol. The first kappa shape index (κ1) is 14.8. The summed E-state index contributed by atoms with van der Waals surface area (Å²) in [5.41, 5.74) is 3.34. The first-order valence-electron chi connectivity index (χ1n) is 7.20. The molecule has 2 aromatic rings. The molecule has 0 aliphatic heterocycles. The zero-order chi connectivity index (χ0) is 15.7. The zero-order valence-corrected chi connectivity index (χ0v) is 13.1. The molecule has 0 aromatic heterocycles. The Morgan fingerprint density at radius 1 is 1.00 bits per heavy atom.